The summed E-state index contributed by atoms with van der Waals surface area (Å²) in [6.07, 6.45) is 1.90. The van der Waals surface area contributed by atoms with Crippen LogP contribution in [0.1, 0.15) is 19.4 Å². The summed E-state index contributed by atoms with van der Waals surface area (Å²) in [5.74, 6) is 1.47. The molecule has 2 aromatic rings. The maximum absolute atomic E-state index is 6.16. The van der Waals surface area contributed by atoms with Crippen LogP contribution >= 0.6 is 23.4 Å². The topological polar surface area (TPSA) is 12.4 Å². The highest BCUT2D eigenvalue weighted by atomic mass is 35.5. The van der Waals surface area contributed by atoms with E-state index in [9.17, 15) is 0 Å². The van der Waals surface area contributed by atoms with Gasteiger partial charge in [-0.1, -0.05) is 61.8 Å². The molecule has 0 spiro atoms. The number of nitrogens with zero attached hydrogens (tertiary/aromatic N) is 1. The van der Waals surface area contributed by atoms with E-state index in [1.165, 1.54) is 4.90 Å². The lowest BCUT2D eigenvalue weighted by Gasteiger charge is -2.16. The van der Waals surface area contributed by atoms with Gasteiger partial charge in [-0.15, -0.1) is 11.8 Å². The maximum Gasteiger partial charge on any atom is 0.0616 e. The number of halogens is 1. The lowest BCUT2D eigenvalue weighted by Crippen LogP contribution is -2.16. The summed E-state index contributed by atoms with van der Waals surface area (Å²) >= 11 is 8.01. The van der Waals surface area contributed by atoms with Crippen molar-refractivity contribution in [2.75, 3.05) is 5.75 Å². The molecule has 0 saturated heterocycles. The smallest absolute Gasteiger partial charge is 0.0616 e. The van der Waals surface area contributed by atoms with Gasteiger partial charge in [-0.3, -0.25) is 4.99 Å². The minimum atomic E-state index is 0.284. The quantitative estimate of drug-likeness (QED) is 0.500. The van der Waals surface area contributed by atoms with Crippen molar-refractivity contribution in [3.8, 4) is 0 Å². The normalized spacial score (nSPS) is 13.0. The van der Waals surface area contributed by atoms with Crippen LogP contribution in [-0.2, 0) is 0 Å². The molecular formula is C18H20ClNS. The molecule has 0 N–H and O–H groups in total. The van der Waals surface area contributed by atoms with Crippen molar-refractivity contribution in [1.29, 1.82) is 0 Å². The third-order valence-electron chi connectivity index (χ3n) is 3.24. The second-order valence-corrected chi connectivity index (χ2v) is 6.74. The van der Waals surface area contributed by atoms with Gasteiger partial charge in [0.2, 0.25) is 0 Å². The van der Waals surface area contributed by atoms with E-state index in [4.69, 9.17) is 16.6 Å². The lowest BCUT2D eigenvalue weighted by atomic mass is 10.1. The van der Waals surface area contributed by atoms with E-state index >= 15 is 0 Å². The Bertz CT molecular complexity index is 581. The Morgan fingerprint density at radius 1 is 1.05 bits per heavy atom. The standard InChI is InChI=1S/C18H20ClNS/c1-14(2)18(13-21-16-9-4-3-5-10-16)20-12-15-8-6-7-11-17(15)19/h3-12,14,18H,13H2,1-2H3/t18-/m1/s1. The Labute approximate surface area is 136 Å². The van der Waals surface area contributed by atoms with E-state index in [2.05, 4.69) is 38.1 Å². The molecule has 0 radical (unpaired) electrons. The highest BCUT2D eigenvalue weighted by Gasteiger charge is 2.12. The summed E-state index contributed by atoms with van der Waals surface area (Å²) < 4.78 is 0. The Morgan fingerprint density at radius 2 is 1.71 bits per heavy atom. The van der Waals surface area contributed by atoms with E-state index < -0.39 is 0 Å². The average Bonchev–Trinajstić information content (AvgIpc) is 2.49. The van der Waals surface area contributed by atoms with E-state index in [0.29, 0.717) is 5.92 Å². The molecule has 0 heterocycles. The van der Waals surface area contributed by atoms with Gasteiger partial charge in [0.1, 0.15) is 0 Å². The van der Waals surface area contributed by atoms with E-state index in [1.54, 1.807) is 0 Å². The van der Waals surface area contributed by atoms with Crippen molar-refractivity contribution >= 4 is 29.6 Å². The summed E-state index contributed by atoms with van der Waals surface area (Å²) in [6.45, 7) is 4.42. The first-order valence-corrected chi connectivity index (χ1v) is 8.48. The first-order chi connectivity index (χ1) is 10.2. The third-order valence-corrected chi connectivity index (χ3v) is 4.70. The molecule has 3 heteroatoms. The number of benzene rings is 2. The van der Waals surface area contributed by atoms with Crippen molar-refractivity contribution in [1.82, 2.24) is 0 Å². The van der Waals surface area contributed by atoms with Gasteiger partial charge in [-0.2, -0.15) is 0 Å². The zero-order valence-corrected chi connectivity index (χ0v) is 13.9. The lowest BCUT2D eigenvalue weighted by molar-refractivity contribution is 0.539. The van der Waals surface area contributed by atoms with E-state index in [0.717, 1.165) is 16.3 Å². The van der Waals surface area contributed by atoms with Crippen molar-refractivity contribution < 1.29 is 0 Å². The SMILES string of the molecule is CC(C)[C@@H](CSc1ccccc1)N=Cc1ccccc1Cl. The molecule has 110 valence electrons. The molecule has 0 aromatic heterocycles. The van der Waals surface area contributed by atoms with Crippen molar-refractivity contribution in [3.05, 3.63) is 65.2 Å². The zero-order chi connectivity index (χ0) is 15.1. The van der Waals surface area contributed by atoms with Crippen LogP contribution in [0.15, 0.2) is 64.5 Å². The number of aliphatic imine (C=N–C) groups is 1. The van der Waals surface area contributed by atoms with Crippen LogP contribution in [-0.4, -0.2) is 18.0 Å². The minimum Gasteiger partial charge on any atom is -0.288 e. The van der Waals surface area contributed by atoms with Crippen LogP contribution in [0.4, 0.5) is 0 Å². The fourth-order valence-electron chi connectivity index (χ4n) is 1.86. The molecule has 0 aliphatic heterocycles. The first kappa shape index (κ1) is 16.1. The molecule has 0 saturated carbocycles. The van der Waals surface area contributed by atoms with Gasteiger partial charge in [0, 0.05) is 27.4 Å². The van der Waals surface area contributed by atoms with Crippen LogP contribution in [0.25, 0.3) is 0 Å². The Kier molecular flexibility index (Phi) is 6.34. The molecular weight excluding hydrogens is 298 g/mol. The summed E-state index contributed by atoms with van der Waals surface area (Å²) in [7, 11) is 0. The third kappa shape index (κ3) is 5.22. The molecule has 0 amide bonds. The zero-order valence-electron chi connectivity index (χ0n) is 12.4. The Morgan fingerprint density at radius 3 is 2.38 bits per heavy atom. The number of hydrogen-bond acceptors (Lipinski definition) is 2. The summed E-state index contributed by atoms with van der Waals surface area (Å²) in [5.41, 5.74) is 0.981. The van der Waals surface area contributed by atoms with Crippen LogP contribution in [0.3, 0.4) is 0 Å². The first-order valence-electron chi connectivity index (χ1n) is 7.12. The van der Waals surface area contributed by atoms with Crippen LogP contribution in [0.5, 0.6) is 0 Å². The maximum atomic E-state index is 6.16. The highest BCUT2D eigenvalue weighted by Crippen LogP contribution is 2.22. The number of thioether (sulfide) groups is 1. The van der Waals surface area contributed by atoms with Crippen molar-refractivity contribution in [3.63, 3.8) is 0 Å². The molecule has 2 aromatic carbocycles. The average molecular weight is 318 g/mol. The molecule has 21 heavy (non-hydrogen) atoms. The van der Waals surface area contributed by atoms with Crippen LogP contribution in [0.2, 0.25) is 5.02 Å². The van der Waals surface area contributed by atoms with Gasteiger partial charge < -0.3 is 0 Å². The molecule has 0 unspecified atom stereocenters. The van der Waals surface area contributed by atoms with Gasteiger partial charge in [0.05, 0.1) is 6.04 Å². The van der Waals surface area contributed by atoms with Crippen LogP contribution in [0, 0.1) is 5.92 Å². The summed E-state index contributed by atoms with van der Waals surface area (Å²) in [4.78, 5) is 6.03. The fraction of sp³-hybridized carbons (Fsp3) is 0.278. The molecule has 0 aliphatic rings. The van der Waals surface area contributed by atoms with Crippen LogP contribution < -0.4 is 0 Å². The second-order valence-electron chi connectivity index (χ2n) is 5.24. The molecule has 1 atom stereocenters. The van der Waals surface area contributed by atoms with E-state index in [-0.39, 0.29) is 6.04 Å². The van der Waals surface area contributed by atoms with Gasteiger partial charge in [-0.25, -0.2) is 0 Å². The van der Waals surface area contributed by atoms with E-state index in [1.807, 2.05) is 48.3 Å². The number of hydrogen-bond donors (Lipinski definition) is 0. The Balaban J connectivity index is 2.01. The predicted octanol–water partition coefficient (Wildman–Crippen LogP) is 5.58. The second kappa shape index (κ2) is 8.26. The largest absolute Gasteiger partial charge is 0.288 e. The molecule has 0 fully saturated rings. The van der Waals surface area contributed by atoms with Crippen molar-refractivity contribution in [2.24, 2.45) is 10.9 Å². The monoisotopic (exact) mass is 317 g/mol. The number of rotatable bonds is 6. The van der Waals surface area contributed by atoms with Gasteiger partial charge in [0.25, 0.3) is 0 Å². The van der Waals surface area contributed by atoms with Gasteiger partial charge in [0.15, 0.2) is 0 Å². The van der Waals surface area contributed by atoms with Gasteiger partial charge in [-0.05, 0) is 24.1 Å². The Hall–Kier alpha value is -1.25. The minimum absolute atomic E-state index is 0.284. The summed E-state index contributed by atoms with van der Waals surface area (Å²) in [5, 5.41) is 0.750. The van der Waals surface area contributed by atoms with Gasteiger partial charge >= 0.3 is 0 Å². The summed E-state index contributed by atoms with van der Waals surface area (Å²) in [6, 6.07) is 18.5. The fourth-order valence-corrected chi connectivity index (χ4v) is 3.23. The molecule has 2 rings (SSSR count). The highest BCUT2D eigenvalue weighted by molar-refractivity contribution is 7.99. The molecule has 1 nitrogen and oxygen atoms in total. The van der Waals surface area contributed by atoms with Crippen molar-refractivity contribution in [2.45, 2.75) is 24.8 Å². The predicted molar refractivity (Wildman–Crippen MR) is 94.8 cm³/mol. The molecule has 0 bridgehead atoms. The molecule has 0 aliphatic carbocycles.